The highest BCUT2D eigenvalue weighted by Gasteiger charge is 2.39. The Labute approximate surface area is 125 Å². The molecule has 9 heteroatoms. The molecule has 0 spiro atoms. The van der Waals surface area contributed by atoms with Crippen LogP contribution in [0.5, 0.6) is 0 Å². The van der Waals surface area contributed by atoms with E-state index in [1.54, 1.807) is 6.92 Å². The molecule has 0 saturated heterocycles. The highest BCUT2D eigenvalue weighted by molar-refractivity contribution is 6.22. The minimum Gasteiger partial charge on any atom is -0.401 e. The van der Waals surface area contributed by atoms with Crippen molar-refractivity contribution in [2.45, 2.75) is 25.8 Å². The van der Waals surface area contributed by atoms with Gasteiger partial charge in [-0.15, -0.1) is 0 Å². The number of azo groups is 1. The number of aryl methyl sites for hydroxylation is 1. The molecule has 118 valence electrons. The van der Waals surface area contributed by atoms with Gasteiger partial charge in [-0.2, -0.15) is 19.0 Å². The molecule has 1 aromatic rings. The fourth-order valence-electron chi connectivity index (χ4n) is 2.55. The minimum absolute atomic E-state index is 0.0700. The molecule has 0 fully saturated rings. The van der Waals surface area contributed by atoms with Crippen LogP contribution in [0.25, 0.3) is 5.57 Å². The van der Waals surface area contributed by atoms with Crippen molar-refractivity contribution in [2.75, 3.05) is 7.05 Å². The Hall–Kier alpha value is -2.42. The van der Waals surface area contributed by atoms with Crippen molar-refractivity contribution in [3.8, 4) is 0 Å². The SMILES string of the molecule is CCc1nc(C(N)(F)F)c2c(c1N=NC)CC(N)=C2C(N)=O. The Bertz CT molecular complexity index is 705. The minimum atomic E-state index is -3.73. The molecule has 0 saturated carbocycles. The smallest absolute Gasteiger partial charge is 0.344 e. The van der Waals surface area contributed by atoms with E-state index in [9.17, 15) is 13.6 Å². The third-order valence-electron chi connectivity index (χ3n) is 3.38. The standard InChI is InChI=1S/C13H16F2N6O/c1-3-7-10(21-19-2)5-4-6(16)9(12(17)22)8(5)11(20-7)13(14,15)18/h3-4,16,18H2,1-2H3,(H2,17,22). The maximum absolute atomic E-state index is 13.8. The molecular formula is C13H16F2N6O. The molecule has 0 unspecified atom stereocenters. The molecule has 1 aliphatic carbocycles. The van der Waals surface area contributed by atoms with Crippen molar-refractivity contribution >= 4 is 17.2 Å². The maximum atomic E-state index is 13.8. The predicted molar refractivity (Wildman–Crippen MR) is 76.1 cm³/mol. The van der Waals surface area contributed by atoms with Gasteiger partial charge in [0.05, 0.1) is 11.3 Å². The van der Waals surface area contributed by atoms with Gasteiger partial charge in [0.15, 0.2) is 0 Å². The van der Waals surface area contributed by atoms with E-state index in [1.165, 1.54) is 7.05 Å². The van der Waals surface area contributed by atoms with E-state index in [2.05, 4.69) is 15.2 Å². The molecule has 1 amide bonds. The van der Waals surface area contributed by atoms with E-state index in [0.29, 0.717) is 23.4 Å². The van der Waals surface area contributed by atoms with E-state index >= 15 is 0 Å². The molecule has 0 aliphatic heterocycles. The summed E-state index contributed by atoms with van der Waals surface area (Å²) in [6.07, 6.45) is 0.414. The molecule has 1 aliphatic rings. The zero-order valence-corrected chi connectivity index (χ0v) is 12.2. The summed E-state index contributed by atoms with van der Waals surface area (Å²) in [6.45, 7) is 1.74. The number of rotatable bonds is 4. The number of aromatic nitrogens is 1. The number of hydrogen-bond donors (Lipinski definition) is 3. The third-order valence-corrected chi connectivity index (χ3v) is 3.38. The fourth-order valence-corrected chi connectivity index (χ4v) is 2.55. The summed E-state index contributed by atoms with van der Waals surface area (Å²) in [7, 11) is 1.44. The van der Waals surface area contributed by atoms with Crippen LogP contribution in [0.3, 0.4) is 0 Å². The van der Waals surface area contributed by atoms with Crippen LogP contribution in [0.4, 0.5) is 14.5 Å². The second kappa shape index (κ2) is 5.41. The van der Waals surface area contributed by atoms with Crippen molar-refractivity contribution in [2.24, 2.45) is 27.4 Å². The number of fused-ring (bicyclic) bond motifs is 1. The fraction of sp³-hybridized carbons (Fsp3) is 0.385. The van der Waals surface area contributed by atoms with E-state index in [4.69, 9.17) is 17.2 Å². The van der Waals surface area contributed by atoms with E-state index < -0.39 is 17.6 Å². The van der Waals surface area contributed by atoms with Crippen LogP contribution >= 0.6 is 0 Å². The molecular weight excluding hydrogens is 294 g/mol. The number of alkyl halides is 2. The average Bonchev–Trinajstić information content (AvgIpc) is 2.74. The van der Waals surface area contributed by atoms with Crippen LogP contribution in [0, 0.1) is 0 Å². The normalized spacial score (nSPS) is 14.8. The Balaban J connectivity index is 2.90. The zero-order chi connectivity index (χ0) is 16.7. The number of hydrogen-bond acceptors (Lipinski definition) is 6. The largest absolute Gasteiger partial charge is 0.401 e. The molecule has 0 radical (unpaired) electrons. The lowest BCUT2D eigenvalue weighted by Gasteiger charge is -2.18. The summed E-state index contributed by atoms with van der Waals surface area (Å²) >= 11 is 0. The van der Waals surface area contributed by atoms with Crippen LogP contribution in [0.1, 0.15) is 29.4 Å². The highest BCUT2D eigenvalue weighted by Crippen LogP contribution is 2.43. The Morgan fingerprint density at radius 1 is 1.45 bits per heavy atom. The second-order valence-corrected chi connectivity index (χ2v) is 4.83. The van der Waals surface area contributed by atoms with Gasteiger partial charge in [-0.25, -0.2) is 4.98 Å². The van der Waals surface area contributed by atoms with Gasteiger partial charge in [-0.1, -0.05) is 6.92 Å². The van der Waals surface area contributed by atoms with Gasteiger partial charge in [-0.05, 0) is 12.0 Å². The zero-order valence-electron chi connectivity index (χ0n) is 12.2. The first-order chi connectivity index (χ1) is 10.2. The Morgan fingerprint density at radius 2 is 2.09 bits per heavy atom. The number of allylic oxidation sites excluding steroid dienone is 1. The van der Waals surface area contributed by atoms with Gasteiger partial charge in [-0.3, -0.25) is 10.5 Å². The number of pyridine rings is 1. The van der Waals surface area contributed by atoms with Crippen molar-refractivity contribution in [3.05, 3.63) is 28.2 Å². The number of halogens is 2. The topological polar surface area (TPSA) is 133 Å². The maximum Gasteiger partial charge on any atom is 0.344 e. The summed E-state index contributed by atoms with van der Waals surface area (Å²) < 4.78 is 27.5. The van der Waals surface area contributed by atoms with Gasteiger partial charge < -0.3 is 11.5 Å². The summed E-state index contributed by atoms with van der Waals surface area (Å²) in [5.74, 6) is -0.910. The lowest BCUT2D eigenvalue weighted by atomic mass is 9.98. The van der Waals surface area contributed by atoms with E-state index in [-0.39, 0.29) is 23.3 Å². The highest BCUT2D eigenvalue weighted by atomic mass is 19.3. The number of nitrogens with zero attached hydrogens (tertiary/aromatic N) is 3. The molecule has 0 atom stereocenters. The van der Waals surface area contributed by atoms with Crippen molar-refractivity contribution < 1.29 is 13.6 Å². The third kappa shape index (κ3) is 2.43. The summed E-state index contributed by atoms with van der Waals surface area (Å²) in [5, 5.41) is 7.61. The number of nitrogens with two attached hydrogens (primary N) is 3. The van der Waals surface area contributed by atoms with Crippen molar-refractivity contribution in [1.82, 2.24) is 4.98 Å². The monoisotopic (exact) mass is 310 g/mol. The first-order valence-electron chi connectivity index (χ1n) is 6.53. The molecule has 0 aromatic carbocycles. The van der Waals surface area contributed by atoms with Crippen LogP contribution < -0.4 is 17.2 Å². The molecule has 1 heterocycles. The molecule has 0 bridgehead atoms. The molecule has 2 rings (SSSR count). The first kappa shape index (κ1) is 16.0. The molecule has 7 nitrogen and oxygen atoms in total. The predicted octanol–water partition coefficient (Wildman–Crippen LogP) is 1.08. The second-order valence-electron chi connectivity index (χ2n) is 4.83. The van der Waals surface area contributed by atoms with Gasteiger partial charge in [0.25, 0.3) is 5.91 Å². The Morgan fingerprint density at radius 3 is 2.55 bits per heavy atom. The van der Waals surface area contributed by atoms with Gasteiger partial charge in [0.1, 0.15) is 11.4 Å². The number of primary amides is 1. The number of amides is 1. The average molecular weight is 310 g/mol. The lowest BCUT2D eigenvalue weighted by molar-refractivity contribution is -0.112. The number of carbonyl (C=O) groups is 1. The van der Waals surface area contributed by atoms with Gasteiger partial charge in [0, 0.05) is 24.7 Å². The van der Waals surface area contributed by atoms with Crippen molar-refractivity contribution in [1.29, 1.82) is 0 Å². The summed E-state index contributed by atoms with van der Waals surface area (Å²) in [6, 6.07) is -3.73. The molecule has 1 aromatic heterocycles. The van der Waals surface area contributed by atoms with Crippen LogP contribution in [0.2, 0.25) is 0 Å². The van der Waals surface area contributed by atoms with E-state index in [1.807, 2.05) is 0 Å². The first-order valence-corrected chi connectivity index (χ1v) is 6.53. The van der Waals surface area contributed by atoms with Crippen LogP contribution in [-0.4, -0.2) is 17.9 Å². The van der Waals surface area contributed by atoms with Gasteiger partial charge in [0.2, 0.25) is 0 Å². The van der Waals surface area contributed by atoms with Crippen LogP contribution in [-0.2, 0) is 23.7 Å². The summed E-state index contributed by atoms with van der Waals surface area (Å²) in [5.41, 5.74) is 16.0. The molecule has 22 heavy (non-hydrogen) atoms. The summed E-state index contributed by atoms with van der Waals surface area (Å²) in [4.78, 5) is 15.5. The Kier molecular flexibility index (Phi) is 3.92. The van der Waals surface area contributed by atoms with Gasteiger partial charge >= 0.3 is 6.05 Å². The molecule has 6 N–H and O–H groups in total. The van der Waals surface area contributed by atoms with Crippen molar-refractivity contribution in [3.63, 3.8) is 0 Å². The van der Waals surface area contributed by atoms with Crippen LogP contribution in [0.15, 0.2) is 15.9 Å². The number of carbonyl (C=O) groups excluding carboxylic acids is 1. The van der Waals surface area contributed by atoms with E-state index in [0.717, 1.165) is 0 Å². The quantitative estimate of drug-likeness (QED) is 0.566. The lowest BCUT2D eigenvalue weighted by Crippen LogP contribution is -2.30.